The zero-order valence-electron chi connectivity index (χ0n) is 16.3. The van der Waals surface area contributed by atoms with Crippen molar-refractivity contribution in [2.45, 2.75) is 44.6 Å². The predicted molar refractivity (Wildman–Crippen MR) is 116 cm³/mol. The van der Waals surface area contributed by atoms with E-state index in [1.165, 1.54) is 11.3 Å². The molecule has 148 valence electrons. The number of aryl methyl sites for hydroxylation is 1. The van der Waals surface area contributed by atoms with Gasteiger partial charge in [-0.25, -0.2) is 18.1 Å². The van der Waals surface area contributed by atoms with Crippen molar-refractivity contribution in [1.29, 1.82) is 0 Å². The SMILES string of the molecule is Cc1nc(-c2ccccc2Cl)sc1CNS(=O)(=O)c1ccc(C(C)(C)C)cc1. The molecule has 0 saturated heterocycles. The fourth-order valence-corrected chi connectivity index (χ4v) is 5.13. The molecule has 0 aliphatic rings. The second-order valence-corrected chi connectivity index (χ2v) is 10.9. The Bertz CT molecular complexity index is 1080. The minimum absolute atomic E-state index is 0.0232. The smallest absolute Gasteiger partial charge is 0.240 e. The van der Waals surface area contributed by atoms with Crippen LogP contribution >= 0.6 is 22.9 Å². The van der Waals surface area contributed by atoms with Crippen LogP contribution in [0.5, 0.6) is 0 Å². The molecular formula is C21H23ClN2O2S2. The number of benzene rings is 2. The maximum Gasteiger partial charge on any atom is 0.240 e. The minimum Gasteiger partial charge on any atom is -0.241 e. The van der Waals surface area contributed by atoms with Crippen molar-refractivity contribution < 1.29 is 8.42 Å². The van der Waals surface area contributed by atoms with Crippen molar-refractivity contribution in [3.63, 3.8) is 0 Å². The van der Waals surface area contributed by atoms with Crippen LogP contribution < -0.4 is 4.72 Å². The maximum atomic E-state index is 12.7. The third-order valence-corrected chi connectivity index (χ3v) is 7.39. The highest BCUT2D eigenvalue weighted by atomic mass is 35.5. The summed E-state index contributed by atoms with van der Waals surface area (Å²) >= 11 is 7.70. The van der Waals surface area contributed by atoms with Crippen LogP contribution in [0.15, 0.2) is 53.4 Å². The van der Waals surface area contributed by atoms with Gasteiger partial charge in [0.05, 0.1) is 15.6 Å². The third-order valence-electron chi connectivity index (χ3n) is 4.45. The first-order valence-electron chi connectivity index (χ1n) is 8.89. The van der Waals surface area contributed by atoms with Crippen LogP contribution in [-0.4, -0.2) is 13.4 Å². The van der Waals surface area contributed by atoms with E-state index in [0.717, 1.165) is 26.7 Å². The van der Waals surface area contributed by atoms with Crippen LogP contribution in [0, 0.1) is 6.92 Å². The third kappa shape index (κ3) is 4.63. The van der Waals surface area contributed by atoms with E-state index >= 15 is 0 Å². The largest absolute Gasteiger partial charge is 0.241 e. The quantitative estimate of drug-likeness (QED) is 0.572. The number of nitrogens with zero attached hydrogens (tertiary/aromatic N) is 1. The fraction of sp³-hybridized carbons (Fsp3) is 0.286. The van der Waals surface area contributed by atoms with Crippen molar-refractivity contribution in [2.75, 3.05) is 0 Å². The van der Waals surface area contributed by atoms with E-state index in [1.54, 1.807) is 12.1 Å². The molecule has 0 unspecified atom stereocenters. The molecule has 0 saturated carbocycles. The summed E-state index contributed by atoms with van der Waals surface area (Å²) in [5.41, 5.74) is 2.72. The van der Waals surface area contributed by atoms with Gasteiger partial charge in [0.1, 0.15) is 5.01 Å². The lowest BCUT2D eigenvalue weighted by atomic mass is 9.87. The van der Waals surface area contributed by atoms with Crippen molar-refractivity contribution in [3.05, 3.63) is 69.7 Å². The van der Waals surface area contributed by atoms with Gasteiger partial charge in [-0.15, -0.1) is 11.3 Å². The molecule has 2 aromatic carbocycles. The van der Waals surface area contributed by atoms with Crippen molar-refractivity contribution >= 4 is 33.0 Å². The summed E-state index contributed by atoms with van der Waals surface area (Å²) < 4.78 is 28.0. The summed E-state index contributed by atoms with van der Waals surface area (Å²) in [6.07, 6.45) is 0. The average molecular weight is 435 g/mol. The van der Waals surface area contributed by atoms with Crippen LogP contribution in [0.1, 0.15) is 36.9 Å². The first kappa shape index (κ1) is 21.0. The van der Waals surface area contributed by atoms with E-state index < -0.39 is 10.0 Å². The van der Waals surface area contributed by atoms with Crippen molar-refractivity contribution in [2.24, 2.45) is 0 Å². The number of aromatic nitrogens is 1. The molecule has 0 atom stereocenters. The number of nitrogens with one attached hydrogen (secondary N) is 1. The lowest BCUT2D eigenvalue weighted by Crippen LogP contribution is -2.23. The molecule has 4 nitrogen and oxygen atoms in total. The Balaban J connectivity index is 1.77. The van der Waals surface area contributed by atoms with Crippen LogP contribution in [-0.2, 0) is 22.0 Å². The normalized spacial score (nSPS) is 12.3. The van der Waals surface area contributed by atoms with Crippen molar-refractivity contribution in [3.8, 4) is 10.6 Å². The Labute approximate surface area is 175 Å². The Morgan fingerprint density at radius 2 is 1.71 bits per heavy atom. The molecule has 0 radical (unpaired) electrons. The van der Waals surface area contributed by atoms with E-state index in [0.29, 0.717) is 5.02 Å². The maximum absolute atomic E-state index is 12.7. The summed E-state index contributed by atoms with van der Waals surface area (Å²) in [6.45, 7) is 8.35. The lowest BCUT2D eigenvalue weighted by molar-refractivity contribution is 0.578. The van der Waals surface area contributed by atoms with Crippen LogP contribution in [0.3, 0.4) is 0 Å². The molecule has 0 amide bonds. The molecule has 3 aromatic rings. The first-order valence-corrected chi connectivity index (χ1v) is 11.6. The van der Waals surface area contributed by atoms with Gasteiger partial charge >= 0.3 is 0 Å². The van der Waals surface area contributed by atoms with E-state index in [1.807, 2.05) is 43.3 Å². The van der Waals surface area contributed by atoms with Gasteiger partial charge in [-0.2, -0.15) is 0 Å². The molecule has 1 heterocycles. The molecule has 0 bridgehead atoms. The van der Waals surface area contributed by atoms with E-state index in [2.05, 4.69) is 30.5 Å². The Morgan fingerprint density at radius 1 is 1.07 bits per heavy atom. The summed E-state index contributed by atoms with van der Waals surface area (Å²) in [4.78, 5) is 5.68. The molecule has 3 rings (SSSR count). The molecule has 7 heteroatoms. The van der Waals surface area contributed by atoms with Crippen LogP contribution in [0.2, 0.25) is 5.02 Å². The summed E-state index contributed by atoms with van der Waals surface area (Å²) in [5, 5.41) is 1.41. The average Bonchev–Trinajstić information content (AvgIpc) is 3.00. The van der Waals surface area contributed by atoms with Gasteiger partial charge in [0.2, 0.25) is 10.0 Å². The highest BCUT2D eigenvalue weighted by molar-refractivity contribution is 7.89. The van der Waals surface area contributed by atoms with Gasteiger partial charge in [-0.05, 0) is 36.1 Å². The Morgan fingerprint density at radius 3 is 2.32 bits per heavy atom. The van der Waals surface area contributed by atoms with Crippen molar-refractivity contribution in [1.82, 2.24) is 9.71 Å². The molecule has 0 aliphatic carbocycles. The Hall–Kier alpha value is -1.73. The van der Waals surface area contributed by atoms with Gasteiger partial charge in [-0.1, -0.05) is 62.7 Å². The summed E-state index contributed by atoms with van der Waals surface area (Å²) in [6, 6.07) is 14.5. The van der Waals surface area contributed by atoms with E-state index in [4.69, 9.17) is 11.6 Å². The monoisotopic (exact) mass is 434 g/mol. The second kappa shape index (κ2) is 7.95. The molecule has 1 N–H and O–H groups in total. The topological polar surface area (TPSA) is 59.1 Å². The minimum atomic E-state index is -3.60. The Kier molecular flexibility index (Phi) is 5.96. The molecule has 1 aromatic heterocycles. The predicted octanol–water partition coefficient (Wildman–Crippen LogP) is 5.55. The zero-order chi connectivity index (χ0) is 20.5. The van der Waals surface area contributed by atoms with Gasteiger partial charge in [-0.3, -0.25) is 0 Å². The van der Waals surface area contributed by atoms with E-state index in [-0.39, 0.29) is 16.9 Å². The number of thiazole rings is 1. The molecule has 0 fully saturated rings. The van der Waals surface area contributed by atoms with Gasteiger partial charge in [0.15, 0.2) is 0 Å². The van der Waals surface area contributed by atoms with Gasteiger partial charge in [0, 0.05) is 17.0 Å². The lowest BCUT2D eigenvalue weighted by Gasteiger charge is -2.19. The van der Waals surface area contributed by atoms with Crippen LogP contribution in [0.4, 0.5) is 0 Å². The highest BCUT2D eigenvalue weighted by Gasteiger charge is 2.19. The number of halogens is 1. The highest BCUT2D eigenvalue weighted by Crippen LogP contribution is 2.33. The first-order chi connectivity index (χ1) is 13.1. The number of sulfonamides is 1. The second-order valence-electron chi connectivity index (χ2n) is 7.61. The van der Waals surface area contributed by atoms with Gasteiger partial charge < -0.3 is 0 Å². The summed E-state index contributed by atoms with van der Waals surface area (Å²) in [7, 11) is -3.60. The number of hydrogen-bond acceptors (Lipinski definition) is 4. The standard InChI is InChI=1S/C21H23ClN2O2S2/c1-14-19(27-20(24-14)17-7-5-6-8-18(17)22)13-23-28(25,26)16-11-9-15(10-12-16)21(2,3)4/h5-12,23H,13H2,1-4H3. The zero-order valence-corrected chi connectivity index (χ0v) is 18.7. The van der Waals surface area contributed by atoms with Crippen LogP contribution in [0.25, 0.3) is 10.6 Å². The number of hydrogen-bond donors (Lipinski definition) is 1. The molecule has 0 spiro atoms. The number of rotatable bonds is 5. The molecular weight excluding hydrogens is 412 g/mol. The van der Waals surface area contributed by atoms with E-state index in [9.17, 15) is 8.42 Å². The van der Waals surface area contributed by atoms with Gasteiger partial charge in [0.25, 0.3) is 0 Å². The fourth-order valence-electron chi connectivity index (χ4n) is 2.72. The molecule has 28 heavy (non-hydrogen) atoms. The molecule has 0 aliphatic heterocycles. The summed E-state index contributed by atoms with van der Waals surface area (Å²) in [5.74, 6) is 0.